The molecule has 94 valence electrons. The number of hydrogen-bond acceptors (Lipinski definition) is 4. The van der Waals surface area contributed by atoms with Gasteiger partial charge in [0, 0.05) is 19.2 Å². The Kier molecular flexibility index (Phi) is 3.82. The van der Waals surface area contributed by atoms with Crippen molar-refractivity contribution in [3.05, 3.63) is 11.4 Å². The highest BCUT2D eigenvalue weighted by atomic mass is 15.1. The van der Waals surface area contributed by atoms with E-state index in [-0.39, 0.29) is 0 Å². The molecule has 0 saturated heterocycles. The number of nitrogens with one attached hydrogen (secondary N) is 2. The molecule has 1 aliphatic carbocycles. The second-order valence-corrected chi connectivity index (χ2v) is 4.86. The Bertz CT molecular complexity index is 385. The fourth-order valence-corrected chi connectivity index (χ4v) is 2.05. The van der Waals surface area contributed by atoms with Crippen molar-refractivity contribution in [3.63, 3.8) is 0 Å². The predicted molar refractivity (Wildman–Crippen MR) is 71.5 cm³/mol. The van der Waals surface area contributed by atoms with Crippen molar-refractivity contribution in [1.82, 2.24) is 9.97 Å². The van der Waals surface area contributed by atoms with Gasteiger partial charge in [0.1, 0.15) is 17.5 Å². The lowest BCUT2D eigenvalue weighted by Gasteiger charge is -2.12. The molecule has 4 heteroatoms. The van der Waals surface area contributed by atoms with Gasteiger partial charge in [-0.3, -0.25) is 0 Å². The number of rotatable bonds is 6. The molecule has 2 rings (SSSR count). The fourth-order valence-electron chi connectivity index (χ4n) is 2.05. The van der Waals surface area contributed by atoms with Crippen LogP contribution in [0.4, 0.5) is 11.6 Å². The van der Waals surface area contributed by atoms with Crippen LogP contribution in [0.25, 0.3) is 0 Å². The molecule has 2 N–H and O–H groups in total. The molecule has 0 radical (unpaired) electrons. The molecule has 0 unspecified atom stereocenters. The first-order chi connectivity index (χ1) is 8.20. The molecule has 17 heavy (non-hydrogen) atoms. The maximum absolute atomic E-state index is 4.45. The van der Waals surface area contributed by atoms with Crippen LogP contribution in [-0.4, -0.2) is 23.6 Å². The second-order valence-electron chi connectivity index (χ2n) is 4.86. The van der Waals surface area contributed by atoms with Crippen molar-refractivity contribution in [2.45, 2.75) is 39.5 Å². The largest absolute Gasteiger partial charge is 0.373 e. The minimum atomic E-state index is 0.810. The molecule has 0 aliphatic heterocycles. The Morgan fingerprint density at radius 1 is 1.18 bits per heavy atom. The maximum atomic E-state index is 4.45. The average Bonchev–Trinajstić information content (AvgIpc) is 3.12. The quantitative estimate of drug-likeness (QED) is 0.743. The highest BCUT2D eigenvalue weighted by molar-refractivity contribution is 5.56. The smallest absolute Gasteiger partial charge is 0.134 e. The first-order valence-corrected chi connectivity index (χ1v) is 6.47. The average molecular weight is 234 g/mol. The number of aromatic nitrogens is 2. The molecular weight excluding hydrogens is 212 g/mol. The van der Waals surface area contributed by atoms with Gasteiger partial charge in [-0.15, -0.1) is 0 Å². The number of aryl methyl sites for hydroxylation is 1. The molecule has 1 fully saturated rings. The minimum absolute atomic E-state index is 0.810. The van der Waals surface area contributed by atoms with E-state index in [4.69, 9.17) is 0 Å². The van der Waals surface area contributed by atoms with Gasteiger partial charge >= 0.3 is 0 Å². The summed E-state index contributed by atoms with van der Waals surface area (Å²) >= 11 is 0. The number of hydrogen-bond donors (Lipinski definition) is 2. The van der Waals surface area contributed by atoms with Crippen molar-refractivity contribution in [3.8, 4) is 0 Å². The van der Waals surface area contributed by atoms with E-state index in [2.05, 4.69) is 27.5 Å². The molecule has 0 atom stereocenters. The van der Waals surface area contributed by atoms with Gasteiger partial charge in [-0.2, -0.15) is 0 Å². The predicted octanol–water partition coefficient (Wildman–Crippen LogP) is 2.74. The lowest BCUT2D eigenvalue weighted by molar-refractivity contribution is 0.686. The Morgan fingerprint density at radius 3 is 2.53 bits per heavy atom. The van der Waals surface area contributed by atoms with Gasteiger partial charge in [0.25, 0.3) is 0 Å². The minimum Gasteiger partial charge on any atom is -0.373 e. The van der Waals surface area contributed by atoms with Crippen LogP contribution in [0.2, 0.25) is 0 Å². The standard InChI is InChI=1S/C13H22N4/c1-9-12(14-3)16-10(2)17-13(9)15-8-4-5-11-6-7-11/h11H,4-8H2,1-3H3,(H2,14,15,16,17). The van der Waals surface area contributed by atoms with Gasteiger partial charge in [-0.25, -0.2) is 9.97 Å². The molecule has 0 spiro atoms. The fraction of sp³-hybridized carbons (Fsp3) is 0.692. The summed E-state index contributed by atoms with van der Waals surface area (Å²) in [6, 6.07) is 0. The Balaban J connectivity index is 1.91. The molecule has 1 aromatic heterocycles. The summed E-state index contributed by atoms with van der Waals surface area (Å²) in [6.45, 7) is 4.99. The van der Waals surface area contributed by atoms with Crippen LogP contribution in [0.1, 0.15) is 37.1 Å². The molecule has 1 saturated carbocycles. The normalized spacial score (nSPS) is 14.8. The monoisotopic (exact) mass is 234 g/mol. The van der Waals surface area contributed by atoms with Gasteiger partial charge in [-0.05, 0) is 32.6 Å². The lowest BCUT2D eigenvalue weighted by Crippen LogP contribution is -2.09. The summed E-state index contributed by atoms with van der Waals surface area (Å²) in [7, 11) is 1.89. The summed E-state index contributed by atoms with van der Waals surface area (Å²) in [4.78, 5) is 8.81. The van der Waals surface area contributed by atoms with Gasteiger partial charge in [0.15, 0.2) is 0 Å². The SMILES string of the molecule is CNc1nc(C)nc(NCCCC2CC2)c1C. The highest BCUT2D eigenvalue weighted by Crippen LogP contribution is 2.33. The molecule has 1 aromatic rings. The molecule has 0 amide bonds. The van der Waals surface area contributed by atoms with E-state index in [0.717, 1.165) is 35.5 Å². The molecule has 1 aliphatic rings. The van der Waals surface area contributed by atoms with E-state index in [9.17, 15) is 0 Å². The van der Waals surface area contributed by atoms with Crippen LogP contribution in [0.3, 0.4) is 0 Å². The first-order valence-electron chi connectivity index (χ1n) is 6.47. The van der Waals surface area contributed by atoms with E-state index in [1.54, 1.807) is 0 Å². The van der Waals surface area contributed by atoms with Crippen molar-refractivity contribution >= 4 is 11.6 Å². The Hall–Kier alpha value is -1.32. The highest BCUT2D eigenvalue weighted by Gasteiger charge is 2.20. The number of anilines is 2. The van der Waals surface area contributed by atoms with E-state index >= 15 is 0 Å². The Labute approximate surface area is 103 Å². The van der Waals surface area contributed by atoms with Crippen molar-refractivity contribution in [1.29, 1.82) is 0 Å². The summed E-state index contributed by atoms with van der Waals surface area (Å²) in [5.74, 6) is 3.71. The zero-order chi connectivity index (χ0) is 12.3. The second kappa shape index (κ2) is 5.34. The molecule has 4 nitrogen and oxygen atoms in total. The van der Waals surface area contributed by atoms with Crippen LogP contribution < -0.4 is 10.6 Å². The lowest BCUT2D eigenvalue weighted by atomic mass is 10.2. The van der Waals surface area contributed by atoms with Crippen LogP contribution in [0.5, 0.6) is 0 Å². The topological polar surface area (TPSA) is 49.8 Å². The molecular formula is C13H22N4. The van der Waals surface area contributed by atoms with Crippen LogP contribution in [-0.2, 0) is 0 Å². The van der Waals surface area contributed by atoms with Gasteiger partial charge in [-0.1, -0.05) is 12.8 Å². The van der Waals surface area contributed by atoms with E-state index in [1.807, 2.05) is 14.0 Å². The van der Waals surface area contributed by atoms with Gasteiger partial charge in [0.05, 0.1) is 0 Å². The third-order valence-electron chi connectivity index (χ3n) is 3.27. The van der Waals surface area contributed by atoms with E-state index < -0.39 is 0 Å². The van der Waals surface area contributed by atoms with Crippen LogP contribution in [0, 0.1) is 19.8 Å². The zero-order valence-electron chi connectivity index (χ0n) is 11.0. The maximum Gasteiger partial charge on any atom is 0.134 e. The summed E-state index contributed by atoms with van der Waals surface area (Å²) < 4.78 is 0. The number of nitrogens with zero attached hydrogens (tertiary/aromatic N) is 2. The summed E-state index contributed by atoms with van der Waals surface area (Å²) in [6.07, 6.45) is 5.47. The zero-order valence-corrected chi connectivity index (χ0v) is 11.0. The summed E-state index contributed by atoms with van der Waals surface area (Å²) in [5, 5.41) is 6.52. The Morgan fingerprint density at radius 2 is 1.88 bits per heavy atom. The first kappa shape index (κ1) is 12.1. The third kappa shape index (κ3) is 3.32. The van der Waals surface area contributed by atoms with Crippen molar-refractivity contribution in [2.75, 3.05) is 24.2 Å². The van der Waals surface area contributed by atoms with Gasteiger partial charge < -0.3 is 10.6 Å². The third-order valence-corrected chi connectivity index (χ3v) is 3.27. The van der Waals surface area contributed by atoms with Crippen LogP contribution in [0.15, 0.2) is 0 Å². The van der Waals surface area contributed by atoms with E-state index in [0.29, 0.717) is 0 Å². The van der Waals surface area contributed by atoms with Gasteiger partial charge in [0.2, 0.25) is 0 Å². The molecule has 0 aromatic carbocycles. The summed E-state index contributed by atoms with van der Waals surface area (Å²) in [5.41, 5.74) is 1.10. The van der Waals surface area contributed by atoms with E-state index in [1.165, 1.54) is 25.7 Å². The van der Waals surface area contributed by atoms with Crippen LogP contribution >= 0.6 is 0 Å². The molecule has 0 bridgehead atoms. The molecule has 1 heterocycles. The van der Waals surface area contributed by atoms with Crippen molar-refractivity contribution < 1.29 is 0 Å². The van der Waals surface area contributed by atoms with Crippen molar-refractivity contribution in [2.24, 2.45) is 5.92 Å².